The Morgan fingerprint density at radius 1 is 1.35 bits per heavy atom. The van der Waals surface area contributed by atoms with E-state index in [0.717, 1.165) is 17.8 Å². The minimum atomic E-state index is -0.0655. The van der Waals surface area contributed by atoms with Gasteiger partial charge in [0.05, 0.1) is 5.71 Å². The molecular weight excluding hydrogens is 252 g/mol. The third-order valence-electron chi connectivity index (χ3n) is 2.35. The number of para-hydroxylation sites is 1. The molecule has 1 atom stereocenters. The van der Waals surface area contributed by atoms with Gasteiger partial charge in [0.2, 0.25) is 0 Å². The van der Waals surface area contributed by atoms with E-state index in [-0.39, 0.29) is 10.2 Å². The molecule has 1 aliphatic heterocycles. The molecule has 4 heteroatoms. The van der Waals surface area contributed by atoms with Gasteiger partial charge in [0.15, 0.2) is 0 Å². The molecule has 1 aliphatic rings. The predicted octanol–water partition coefficient (Wildman–Crippen LogP) is 4.30. The van der Waals surface area contributed by atoms with Crippen molar-refractivity contribution >= 4 is 34.9 Å². The lowest BCUT2D eigenvalue weighted by atomic mass is 10.0. The maximum absolute atomic E-state index is 6.19. The highest BCUT2D eigenvalue weighted by molar-refractivity contribution is 7.99. The summed E-state index contributed by atoms with van der Waals surface area (Å²) in [5.41, 5.74) is 3.26. The van der Waals surface area contributed by atoms with Gasteiger partial charge in [-0.05, 0) is 38.8 Å². The highest BCUT2D eigenvalue weighted by Gasteiger charge is 2.21. The summed E-state index contributed by atoms with van der Waals surface area (Å²) in [6, 6.07) is 8.18. The van der Waals surface area contributed by atoms with Gasteiger partial charge in [-0.25, -0.2) is 4.40 Å². The van der Waals surface area contributed by atoms with Crippen molar-refractivity contribution < 1.29 is 0 Å². The highest BCUT2D eigenvalue weighted by Crippen LogP contribution is 2.31. The van der Waals surface area contributed by atoms with Gasteiger partial charge >= 0.3 is 0 Å². The van der Waals surface area contributed by atoms with Crippen LogP contribution in [0.5, 0.6) is 0 Å². The van der Waals surface area contributed by atoms with E-state index < -0.39 is 0 Å². The summed E-state index contributed by atoms with van der Waals surface area (Å²) < 4.78 is 4.79. The third kappa shape index (κ3) is 3.39. The number of nitrogens with zero attached hydrogens (tertiary/aromatic N) is 1. The number of benzene rings is 1. The smallest absolute Gasteiger partial charge is 0.107 e. The number of fused-ring (bicyclic) bond motifs is 1. The second-order valence-corrected chi connectivity index (χ2v) is 7.22. The second kappa shape index (κ2) is 4.91. The summed E-state index contributed by atoms with van der Waals surface area (Å²) in [7, 11) is 0. The number of halogens is 1. The first kappa shape index (κ1) is 12.8. The molecule has 1 N–H and O–H groups in total. The first-order chi connectivity index (χ1) is 7.96. The van der Waals surface area contributed by atoms with Crippen LogP contribution in [-0.2, 0) is 0 Å². The Labute approximate surface area is 112 Å². The quantitative estimate of drug-likeness (QED) is 0.466. The Balaban J connectivity index is 2.30. The van der Waals surface area contributed by atoms with E-state index in [1.54, 1.807) is 11.9 Å². The van der Waals surface area contributed by atoms with Crippen molar-refractivity contribution in [3.05, 3.63) is 29.8 Å². The van der Waals surface area contributed by atoms with Gasteiger partial charge in [-0.1, -0.05) is 29.8 Å². The van der Waals surface area contributed by atoms with E-state index in [1.165, 1.54) is 5.56 Å². The zero-order valence-corrected chi connectivity index (χ0v) is 11.9. The van der Waals surface area contributed by atoms with Crippen molar-refractivity contribution in [2.24, 2.45) is 4.40 Å². The average Bonchev–Trinajstić information content (AvgIpc) is 2.24. The van der Waals surface area contributed by atoms with Gasteiger partial charge < -0.3 is 5.32 Å². The molecule has 0 saturated carbocycles. The molecule has 0 unspecified atom stereocenters. The SMILES string of the molecule is CC(C)(C)S/N=C1\C[C@H](Cl)Nc2ccccc21. The number of anilines is 1. The highest BCUT2D eigenvalue weighted by atomic mass is 35.5. The van der Waals surface area contributed by atoms with Crippen molar-refractivity contribution in [1.29, 1.82) is 0 Å². The number of rotatable bonds is 1. The van der Waals surface area contributed by atoms with Crippen molar-refractivity contribution in [2.45, 2.75) is 37.4 Å². The van der Waals surface area contributed by atoms with Crippen LogP contribution in [0.3, 0.4) is 0 Å². The molecule has 0 amide bonds. The van der Waals surface area contributed by atoms with Crippen LogP contribution < -0.4 is 5.32 Å². The minimum Gasteiger partial charge on any atom is -0.368 e. The Hall–Kier alpha value is -0.670. The van der Waals surface area contributed by atoms with Gasteiger partial charge in [0.25, 0.3) is 0 Å². The normalized spacial score (nSPS) is 22.1. The topological polar surface area (TPSA) is 24.4 Å². The molecule has 1 heterocycles. The summed E-state index contributed by atoms with van der Waals surface area (Å²) in [4.78, 5) is 0. The van der Waals surface area contributed by atoms with Crippen LogP contribution in [0.25, 0.3) is 0 Å². The Kier molecular flexibility index (Phi) is 3.69. The lowest BCUT2D eigenvalue weighted by Gasteiger charge is -2.24. The van der Waals surface area contributed by atoms with Crippen LogP contribution in [0.1, 0.15) is 32.8 Å². The van der Waals surface area contributed by atoms with E-state index in [2.05, 4.69) is 36.6 Å². The zero-order valence-electron chi connectivity index (χ0n) is 10.3. The fourth-order valence-electron chi connectivity index (χ4n) is 1.64. The van der Waals surface area contributed by atoms with Crippen LogP contribution in [-0.4, -0.2) is 16.0 Å². The molecule has 0 aliphatic carbocycles. The molecule has 0 fully saturated rings. The van der Waals surface area contributed by atoms with Crippen molar-refractivity contribution in [1.82, 2.24) is 0 Å². The average molecular weight is 269 g/mol. The molecule has 0 radical (unpaired) electrons. The van der Waals surface area contributed by atoms with Crippen molar-refractivity contribution in [3.63, 3.8) is 0 Å². The molecular formula is C13H17ClN2S. The maximum Gasteiger partial charge on any atom is 0.107 e. The van der Waals surface area contributed by atoms with Crippen LogP contribution >= 0.6 is 23.5 Å². The molecule has 0 aromatic heterocycles. The molecule has 2 nitrogen and oxygen atoms in total. The van der Waals surface area contributed by atoms with Gasteiger partial charge in [0, 0.05) is 22.4 Å². The molecule has 92 valence electrons. The number of hydrogen-bond acceptors (Lipinski definition) is 3. The summed E-state index contributed by atoms with van der Waals surface area (Å²) in [6.45, 7) is 6.48. The molecule has 1 aromatic carbocycles. The summed E-state index contributed by atoms with van der Waals surface area (Å²) in [5, 5.41) is 3.26. The fraction of sp³-hybridized carbons (Fsp3) is 0.462. The number of hydrogen-bond donors (Lipinski definition) is 1. The second-order valence-electron chi connectivity index (χ2n) is 5.10. The number of alkyl halides is 1. The molecule has 1 aromatic rings. The standard InChI is InChI=1S/C13H17ClN2S/c1-13(2,3)17-16-11-8-12(14)15-10-7-5-4-6-9(10)11/h4-7,12,15H,8H2,1-3H3/b16-11+/t12-/m1/s1. The van der Waals surface area contributed by atoms with E-state index >= 15 is 0 Å². The lowest BCUT2D eigenvalue weighted by Crippen LogP contribution is -2.25. The van der Waals surface area contributed by atoms with E-state index in [9.17, 15) is 0 Å². The lowest BCUT2D eigenvalue weighted by molar-refractivity contribution is 0.804. The molecule has 0 bridgehead atoms. The van der Waals surface area contributed by atoms with Gasteiger partial charge in [-0.3, -0.25) is 0 Å². The predicted molar refractivity (Wildman–Crippen MR) is 78.2 cm³/mol. The van der Waals surface area contributed by atoms with Crippen LogP contribution in [0.4, 0.5) is 5.69 Å². The summed E-state index contributed by atoms with van der Waals surface area (Å²) in [6.07, 6.45) is 0.766. The monoisotopic (exact) mass is 268 g/mol. The maximum atomic E-state index is 6.19. The van der Waals surface area contributed by atoms with E-state index in [0.29, 0.717) is 0 Å². The van der Waals surface area contributed by atoms with Gasteiger partial charge in [-0.2, -0.15) is 0 Å². The first-order valence-electron chi connectivity index (χ1n) is 5.71. The minimum absolute atomic E-state index is 0.0655. The largest absolute Gasteiger partial charge is 0.368 e. The van der Waals surface area contributed by atoms with Crippen LogP contribution in [0.2, 0.25) is 0 Å². The fourth-order valence-corrected chi connectivity index (χ4v) is 2.46. The third-order valence-corrected chi connectivity index (χ3v) is 3.48. The summed E-state index contributed by atoms with van der Waals surface area (Å²) in [5.74, 6) is 0. The van der Waals surface area contributed by atoms with Crippen LogP contribution in [0, 0.1) is 0 Å². The molecule has 17 heavy (non-hydrogen) atoms. The molecule has 0 spiro atoms. The van der Waals surface area contributed by atoms with Gasteiger partial charge in [-0.15, -0.1) is 0 Å². The van der Waals surface area contributed by atoms with E-state index in [1.807, 2.05) is 18.2 Å². The Morgan fingerprint density at radius 2 is 2.06 bits per heavy atom. The summed E-state index contributed by atoms with van der Waals surface area (Å²) >= 11 is 7.80. The van der Waals surface area contributed by atoms with Crippen molar-refractivity contribution in [3.8, 4) is 0 Å². The Morgan fingerprint density at radius 3 is 2.76 bits per heavy atom. The first-order valence-corrected chi connectivity index (χ1v) is 6.92. The van der Waals surface area contributed by atoms with Crippen molar-refractivity contribution in [2.75, 3.05) is 5.32 Å². The molecule has 2 rings (SSSR count). The zero-order chi connectivity index (χ0) is 12.5. The van der Waals surface area contributed by atoms with Crippen LogP contribution in [0.15, 0.2) is 28.7 Å². The van der Waals surface area contributed by atoms with Gasteiger partial charge in [0.1, 0.15) is 5.50 Å². The Bertz CT molecular complexity index is 437. The molecule has 0 saturated heterocycles. The van der Waals surface area contributed by atoms with E-state index in [4.69, 9.17) is 11.6 Å². The number of nitrogens with one attached hydrogen (secondary N) is 1.